The number of imide groups is 2. The molecule has 4 amide bonds. The van der Waals surface area contributed by atoms with Gasteiger partial charge in [-0.1, -0.05) is 65.2 Å². The van der Waals surface area contributed by atoms with E-state index in [4.69, 9.17) is 32.7 Å². The van der Waals surface area contributed by atoms with Crippen molar-refractivity contribution in [3.8, 4) is 11.5 Å². The minimum atomic E-state index is -4.76. The van der Waals surface area contributed by atoms with Gasteiger partial charge in [0.2, 0.25) is 11.8 Å². The summed E-state index contributed by atoms with van der Waals surface area (Å²) in [5.41, 5.74) is 2.80. The van der Waals surface area contributed by atoms with Crippen molar-refractivity contribution >= 4 is 70.1 Å². The molecule has 1 aromatic heterocycles. The molecule has 0 spiro atoms. The quantitative estimate of drug-likeness (QED) is 0.134. The monoisotopic (exact) mass is 887 g/mol. The molecule has 3 aromatic carbocycles. The zero-order valence-electron chi connectivity index (χ0n) is 32.9. The van der Waals surface area contributed by atoms with Crippen LogP contribution in [0.2, 0.25) is 10.0 Å². The van der Waals surface area contributed by atoms with Gasteiger partial charge in [0, 0.05) is 35.9 Å². The number of carbonyl (C=O) groups excluding carboxylic acids is 4. The van der Waals surface area contributed by atoms with Gasteiger partial charge in [0.05, 0.1) is 59.8 Å². The lowest BCUT2D eigenvalue weighted by Gasteiger charge is -2.49. The van der Waals surface area contributed by atoms with E-state index >= 15 is 4.79 Å². The first-order valence-corrected chi connectivity index (χ1v) is 20.7. The van der Waals surface area contributed by atoms with E-state index in [0.717, 1.165) is 10.7 Å². The van der Waals surface area contributed by atoms with E-state index in [1.807, 2.05) is 18.2 Å². The van der Waals surface area contributed by atoms with Gasteiger partial charge in [-0.15, -0.1) is 0 Å². The Hall–Kier alpha value is -5.90. The maximum atomic E-state index is 15.4. The largest absolute Gasteiger partial charge is 0.504 e. The molecule has 5 aliphatic rings. The zero-order chi connectivity index (χ0) is 43.7. The molecule has 3 saturated heterocycles. The maximum absolute atomic E-state index is 15.4. The van der Waals surface area contributed by atoms with Crippen molar-refractivity contribution in [2.45, 2.75) is 24.4 Å². The van der Waals surface area contributed by atoms with Gasteiger partial charge in [-0.05, 0) is 84.5 Å². The molecule has 4 fully saturated rings. The van der Waals surface area contributed by atoms with E-state index < -0.39 is 69.5 Å². The van der Waals surface area contributed by atoms with Gasteiger partial charge in [-0.2, -0.15) is 18.2 Å². The number of allylic oxidation sites excluding steroid dienone is 3. The molecule has 9 rings (SSSR count). The molecule has 62 heavy (non-hydrogen) atoms. The number of halogens is 5. The number of pyridine rings is 1. The molecule has 0 radical (unpaired) electrons. The summed E-state index contributed by atoms with van der Waals surface area (Å²) >= 11 is 12.7. The van der Waals surface area contributed by atoms with Gasteiger partial charge in [-0.3, -0.25) is 29.5 Å². The highest BCUT2D eigenvalue weighted by atomic mass is 35.5. The van der Waals surface area contributed by atoms with Crippen molar-refractivity contribution in [1.29, 1.82) is 0 Å². The Morgan fingerprint density at radius 1 is 0.919 bits per heavy atom. The van der Waals surface area contributed by atoms with Gasteiger partial charge < -0.3 is 19.5 Å². The number of fused-ring (bicyclic) bond motifs is 4. The number of carbonyl (C=O) groups is 4. The fraction of sp³-hybridized carbons (Fsp3) is 0.311. The lowest BCUT2D eigenvalue weighted by molar-refractivity contribution is -0.139. The molecule has 4 aromatic rings. The molecule has 3 aliphatic heterocycles. The fourth-order valence-electron chi connectivity index (χ4n) is 9.92. The summed E-state index contributed by atoms with van der Waals surface area (Å²) in [6.07, 6.45) is 1.32. The summed E-state index contributed by atoms with van der Waals surface area (Å²) < 4.78 is 51.5. The van der Waals surface area contributed by atoms with E-state index in [-0.39, 0.29) is 36.1 Å². The number of rotatable bonds is 8. The van der Waals surface area contributed by atoms with E-state index in [9.17, 15) is 32.7 Å². The van der Waals surface area contributed by atoms with Gasteiger partial charge in [0.1, 0.15) is 0 Å². The van der Waals surface area contributed by atoms with Crippen LogP contribution in [0.3, 0.4) is 0 Å². The molecule has 2 aliphatic carbocycles. The molecular weight excluding hydrogens is 850 g/mol. The average molecular weight is 889 g/mol. The van der Waals surface area contributed by atoms with Crippen molar-refractivity contribution in [2.24, 2.45) is 29.6 Å². The summed E-state index contributed by atoms with van der Waals surface area (Å²) in [7, 11) is 1.40. The second-order valence-electron chi connectivity index (χ2n) is 15.9. The number of nitrogens with one attached hydrogen (secondary N) is 1. The topological polar surface area (TPSA) is 142 Å². The Morgan fingerprint density at radius 3 is 2.31 bits per heavy atom. The number of morpholine rings is 1. The van der Waals surface area contributed by atoms with Crippen LogP contribution in [-0.2, 0) is 35.5 Å². The molecule has 12 nitrogen and oxygen atoms in total. The summed E-state index contributed by atoms with van der Waals surface area (Å²) in [5.74, 6) is -6.98. The van der Waals surface area contributed by atoms with Crippen LogP contribution in [0.5, 0.6) is 11.5 Å². The molecule has 1 saturated carbocycles. The summed E-state index contributed by atoms with van der Waals surface area (Å²) in [5, 5.41) is 11.0. The van der Waals surface area contributed by atoms with Gasteiger partial charge >= 0.3 is 6.18 Å². The lowest BCUT2D eigenvalue weighted by Crippen LogP contribution is -2.54. The third-order valence-electron chi connectivity index (χ3n) is 12.8. The predicted molar refractivity (Wildman–Crippen MR) is 223 cm³/mol. The third kappa shape index (κ3) is 6.77. The molecule has 6 atom stereocenters. The number of aromatic nitrogens is 1. The minimum Gasteiger partial charge on any atom is -0.504 e. The Morgan fingerprint density at radius 2 is 1.63 bits per heavy atom. The van der Waals surface area contributed by atoms with Crippen LogP contribution in [0.25, 0.3) is 6.08 Å². The number of phenolic OH excluding ortho intramolecular Hbond substituents is 1. The SMILES string of the molecule is COc1cc(C=C[C@H]2C3=CC[C@@H]4C(=O)N(c5ccc(N6CCOCC6)cc5)C(=O)[C@@H]4[C@@H]3C[C@H]3C(=O)N(Nc4ncc(C(F)(F)F)cc4Cl)C(=O)[C@@]23c2ccc(Cl)cc2)ccc1O. The molecule has 4 heterocycles. The first kappa shape index (κ1) is 41.5. The highest BCUT2D eigenvalue weighted by molar-refractivity contribution is 6.33. The number of methoxy groups -OCH3 is 1. The maximum Gasteiger partial charge on any atom is 0.417 e. The molecule has 0 bridgehead atoms. The Labute approximate surface area is 363 Å². The number of alkyl halides is 3. The standard InChI is InChI=1S/C45H38Cl2F3N5O7/c1-61-37-20-24(3-15-36(37)56)2-14-33-30-12-13-31-38(42(59)54(40(31)57)29-10-8-28(9-11-29)53-16-18-62-19-17-53)32(30)22-34-41(58)55(43(60)44(33,34)25-4-6-27(46)7-5-25)52-39-35(47)21-26(23-51-39)45(48,49)50/h2-12,14-15,20-21,23,31-34,38,56H,13,16-19,22H2,1H3,(H,51,52)/t31-,32+,33-,34-,38-,44-/m0/s1. The highest BCUT2D eigenvalue weighted by Crippen LogP contribution is 2.62. The number of benzene rings is 3. The van der Waals surface area contributed by atoms with Crippen LogP contribution in [-0.4, -0.2) is 72.1 Å². The predicted octanol–water partition coefficient (Wildman–Crippen LogP) is 7.69. The molecular formula is C45H38Cl2F3N5O7. The van der Waals surface area contributed by atoms with Crippen LogP contribution >= 0.6 is 23.2 Å². The van der Waals surface area contributed by atoms with E-state index in [1.165, 1.54) is 18.1 Å². The number of ether oxygens (including phenoxy) is 2. The van der Waals surface area contributed by atoms with Crippen molar-refractivity contribution in [1.82, 2.24) is 9.99 Å². The Bertz CT molecular complexity index is 2550. The van der Waals surface area contributed by atoms with Crippen LogP contribution in [0.4, 0.5) is 30.4 Å². The first-order chi connectivity index (χ1) is 29.7. The Balaban J connectivity index is 1.15. The second-order valence-corrected chi connectivity index (χ2v) is 16.7. The van der Waals surface area contributed by atoms with Crippen molar-refractivity contribution in [3.05, 3.63) is 123 Å². The number of hydrazine groups is 1. The highest BCUT2D eigenvalue weighted by Gasteiger charge is 2.69. The van der Waals surface area contributed by atoms with E-state index in [1.54, 1.807) is 60.7 Å². The Kier molecular flexibility index (Phi) is 10.5. The summed E-state index contributed by atoms with van der Waals surface area (Å²) in [6.45, 7) is 2.59. The summed E-state index contributed by atoms with van der Waals surface area (Å²) in [6, 6.07) is 19.1. The number of hydrogen-bond acceptors (Lipinski definition) is 10. The molecule has 0 unspecified atom stereocenters. The number of nitrogens with zero attached hydrogens (tertiary/aromatic N) is 4. The molecule has 320 valence electrons. The van der Waals surface area contributed by atoms with Gasteiger partial charge in [-0.25, -0.2) is 4.98 Å². The normalized spacial score (nSPS) is 26.1. The number of phenols is 1. The fourth-order valence-corrected chi connectivity index (χ4v) is 10.3. The van der Waals surface area contributed by atoms with E-state index in [0.29, 0.717) is 66.0 Å². The van der Waals surface area contributed by atoms with Crippen LogP contribution in [0, 0.1) is 29.6 Å². The van der Waals surface area contributed by atoms with Crippen LogP contribution in [0.1, 0.15) is 29.5 Å². The second kappa shape index (κ2) is 15.8. The first-order valence-electron chi connectivity index (χ1n) is 19.9. The molecule has 2 N–H and O–H groups in total. The number of anilines is 3. The van der Waals surface area contributed by atoms with Crippen LogP contribution in [0.15, 0.2) is 96.7 Å². The van der Waals surface area contributed by atoms with Gasteiger partial charge in [0.15, 0.2) is 17.3 Å². The van der Waals surface area contributed by atoms with Crippen molar-refractivity contribution in [3.63, 3.8) is 0 Å². The van der Waals surface area contributed by atoms with Crippen molar-refractivity contribution < 1.29 is 46.9 Å². The van der Waals surface area contributed by atoms with Crippen LogP contribution < -0.4 is 20.0 Å². The summed E-state index contributed by atoms with van der Waals surface area (Å²) in [4.78, 5) is 66.6. The lowest BCUT2D eigenvalue weighted by atomic mass is 9.50. The average Bonchev–Trinajstić information content (AvgIpc) is 3.65. The van der Waals surface area contributed by atoms with Gasteiger partial charge in [0.25, 0.3) is 11.8 Å². The molecule has 17 heteroatoms. The van der Waals surface area contributed by atoms with Crippen molar-refractivity contribution in [2.75, 3.05) is 48.6 Å². The smallest absolute Gasteiger partial charge is 0.417 e. The third-order valence-corrected chi connectivity index (χ3v) is 13.3. The number of hydrogen-bond donors (Lipinski definition) is 2. The van der Waals surface area contributed by atoms with E-state index in [2.05, 4.69) is 15.3 Å². The minimum absolute atomic E-state index is 0.0350. The zero-order valence-corrected chi connectivity index (χ0v) is 34.5. The number of aromatic hydroxyl groups is 1. The number of amides is 4.